The van der Waals surface area contributed by atoms with Gasteiger partial charge in [0.25, 0.3) is 0 Å². The lowest BCUT2D eigenvalue weighted by Crippen LogP contribution is -1.78. The molecule has 0 aromatic heterocycles. The molecule has 0 unspecified atom stereocenters. The summed E-state index contributed by atoms with van der Waals surface area (Å²) in [7, 11) is 1.66. The van der Waals surface area contributed by atoms with Gasteiger partial charge in [0.15, 0.2) is 0 Å². The Hall–Kier alpha value is -2.51. The summed E-state index contributed by atoms with van der Waals surface area (Å²) in [5, 5.41) is 14.5. The number of methoxy groups -OCH3 is 1. The lowest BCUT2D eigenvalue weighted by molar-refractivity contribution is 0.415. The van der Waals surface area contributed by atoms with Crippen LogP contribution in [0.2, 0.25) is 0 Å². The van der Waals surface area contributed by atoms with Gasteiger partial charge in [-0.1, -0.05) is 54.6 Å². The lowest BCUT2D eigenvalue weighted by Gasteiger charge is -1.98. The fraction of sp³-hybridized carbons (Fsp3) is 0.0588. The topological polar surface area (TPSA) is 56.8 Å². The van der Waals surface area contributed by atoms with Crippen molar-refractivity contribution in [2.24, 2.45) is 0 Å². The second-order valence-electron chi connectivity index (χ2n) is 4.02. The van der Waals surface area contributed by atoms with Crippen molar-refractivity contribution in [3.8, 4) is 5.75 Å². The Kier molecular flexibility index (Phi) is 7.41. The van der Waals surface area contributed by atoms with Gasteiger partial charge in [-0.3, -0.25) is 0 Å². The Balaban J connectivity index is 0.000000196. The molecule has 0 heterocycles. The Bertz CT molecular complexity index is 678. The van der Waals surface area contributed by atoms with E-state index in [0.717, 1.165) is 10.6 Å². The third kappa shape index (κ3) is 5.17. The smallest absolute Gasteiger partial charge is 0.118 e. The van der Waals surface area contributed by atoms with E-state index in [1.54, 1.807) is 7.11 Å². The zero-order valence-corrected chi connectivity index (χ0v) is 12.6. The van der Waals surface area contributed by atoms with Crippen LogP contribution in [0.1, 0.15) is 0 Å². The van der Waals surface area contributed by atoms with E-state index in [4.69, 9.17) is 15.5 Å². The number of benzene rings is 3. The zero-order valence-electron chi connectivity index (χ0n) is 11.7. The first-order chi connectivity index (χ1) is 10.3. The number of hydrogen-bond donors (Lipinski definition) is 1. The molecule has 3 nitrogen and oxygen atoms in total. The molecular weight excluding hydrogens is 280 g/mol. The first-order valence-electron chi connectivity index (χ1n) is 6.27. The van der Waals surface area contributed by atoms with Gasteiger partial charge >= 0.3 is 0 Å². The lowest BCUT2D eigenvalue weighted by atomic mass is 10.1. The van der Waals surface area contributed by atoms with Crippen LogP contribution in [0.5, 0.6) is 5.75 Å². The largest absolute Gasteiger partial charge is 0.497 e. The minimum Gasteiger partial charge on any atom is -0.497 e. The first kappa shape index (κ1) is 16.5. The predicted molar refractivity (Wildman–Crippen MR) is 87.6 cm³/mol. The van der Waals surface area contributed by atoms with E-state index >= 15 is 0 Å². The van der Waals surface area contributed by atoms with Crippen LogP contribution in [0.4, 0.5) is 0 Å². The molecule has 3 aromatic rings. The van der Waals surface area contributed by atoms with Crippen LogP contribution >= 0.6 is 12.6 Å². The van der Waals surface area contributed by atoms with Crippen LogP contribution in [0.3, 0.4) is 0 Å². The van der Waals surface area contributed by atoms with Crippen molar-refractivity contribution < 1.29 is 4.74 Å². The summed E-state index contributed by atoms with van der Waals surface area (Å²) in [5.74, 6) is 0.910. The van der Waals surface area contributed by atoms with Gasteiger partial charge in [0, 0.05) is 15.7 Å². The average Bonchev–Trinajstić information content (AvgIpc) is 2.58. The van der Waals surface area contributed by atoms with Gasteiger partial charge in [-0.15, -0.1) is 12.6 Å². The molecule has 0 amide bonds. The third-order valence-electron chi connectivity index (χ3n) is 2.75. The van der Waals surface area contributed by atoms with Gasteiger partial charge in [-0.05, 0) is 29.0 Å². The number of thiol groups is 1. The van der Waals surface area contributed by atoms with Crippen molar-refractivity contribution in [1.82, 2.24) is 0 Å². The molecule has 0 aliphatic rings. The molecule has 3 aromatic carbocycles. The third-order valence-corrected chi connectivity index (χ3v) is 3.14. The monoisotopic (exact) mass is 296 g/mol. The van der Waals surface area contributed by atoms with E-state index in [9.17, 15) is 0 Å². The van der Waals surface area contributed by atoms with Gasteiger partial charge in [0.1, 0.15) is 5.75 Å². The molecule has 0 spiro atoms. The van der Waals surface area contributed by atoms with Crippen molar-refractivity contribution in [2.75, 3.05) is 7.11 Å². The maximum Gasteiger partial charge on any atom is 0.118 e. The second kappa shape index (κ2) is 9.40. The highest BCUT2D eigenvalue weighted by atomic mass is 32.1. The Morgan fingerprint density at radius 3 is 1.90 bits per heavy atom. The van der Waals surface area contributed by atoms with E-state index in [0.29, 0.717) is 0 Å². The van der Waals surface area contributed by atoms with E-state index in [1.807, 2.05) is 54.6 Å². The molecule has 3 rings (SSSR count). The van der Waals surface area contributed by atoms with Crippen LogP contribution in [-0.2, 0) is 0 Å². The molecular formula is C17H16N2OS. The number of para-hydroxylation sites is 1. The average molecular weight is 296 g/mol. The van der Waals surface area contributed by atoms with E-state index < -0.39 is 0 Å². The maximum absolute atomic E-state index is 6.00. The number of ether oxygens (including phenoxy) is 1. The van der Waals surface area contributed by atoms with Crippen LogP contribution in [0, 0.1) is 10.8 Å². The molecule has 0 radical (unpaired) electrons. The van der Waals surface area contributed by atoms with Gasteiger partial charge in [-0.25, -0.2) is 0 Å². The summed E-state index contributed by atoms with van der Waals surface area (Å²) >= 11 is 4.35. The van der Waals surface area contributed by atoms with Crippen LogP contribution < -0.4 is 4.74 Å². The number of rotatable bonds is 1. The van der Waals surface area contributed by atoms with Crippen LogP contribution in [0.25, 0.3) is 10.8 Å². The first-order valence-corrected chi connectivity index (χ1v) is 6.72. The Morgan fingerprint density at radius 1 is 0.762 bits per heavy atom. The van der Waals surface area contributed by atoms with Crippen molar-refractivity contribution in [3.05, 3.63) is 72.8 Å². The second-order valence-corrected chi connectivity index (χ2v) is 4.50. The van der Waals surface area contributed by atoms with Gasteiger partial charge in [0.05, 0.1) is 7.11 Å². The quantitative estimate of drug-likeness (QED) is 0.515. The molecule has 0 aliphatic carbocycles. The standard InChI is InChI=1S/C10H8S.C7H8O.N2/c11-10-7-3-5-8-4-1-2-6-9(8)10;1-8-7-5-3-2-4-6-7;1-2/h1-7,11H;2-6H,1H3;. The molecule has 21 heavy (non-hydrogen) atoms. The number of fused-ring (bicyclic) bond motifs is 1. The summed E-state index contributed by atoms with van der Waals surface area (Å²) in [4.78, 5) is 1.04. The molecule has 0 bridgehead atoms. The normalized spacial score (nSPS) is 8.76. The minimum absolute atomic E-state index is 0.910. The van der Waals surface area contributed by atoms with E-state index in [-0.39, 0.29) is 0 Å². The zero-order chi connectivity index (χ0) is 15.5. The minimum atomic E-state index is 0.910. The van der Waals surface area contributed by atoms with E-state index in [2.05, 4.69) is 30.8 Å². The molecule has 0 saturated carbocycles. The SMILES string of the molecule is COc1ccccc1.N#N.Sc1cccc2ccccc12. The molecule has 0 fully saturated rings. The van der Waals surface area contributed by atoms with Crippen molar-refractivity contribution >= 4 is 23.4 Å². The molecule has 0 aliphatic heterocycles. The Labute approximate surface area is 130 Å². The van der Waals surface area contributed by atoms with Gasteiger partial charge in [-0.2, -0.15) is 0 Å². The Morgan fingerprint density at radius 2 is 1.33 bits per heavy atom. The van der Waals surface area contributed by atoms with Crippen LogP contribution in [-0.4, -0.2) is 7.11 Å². The molecule has 0 N–H and O–H groups in total. The number of hydrogen-bond acceptors (Lipinski definition) is 4. The van der Waals surface area contributed by atoms with Crippen molar-refractivity contribution in [1.29, 1.82) is 10.8 Å². The highest BCUT2D eigenvalue weighted by molar-refractivity contribution is 7.80. The summed E-state index contributed by atoms with van der Waals surface area (Å²) in [5.41, 5.74) is 0. The predicted octanol–water partition coefficient (Wildman–Crippen LogP) is 4.85. The summed E-state index contributed by atoms with van der Waals surface area (Å²) < 4.78 is 4.91. The summed E-state index contributed by atoms with van der Waals surface area (Å²) in [6.45, 7) is 0. The van der Waals surface area contributed by atoms with Gasteiger partial charge in [0.2, 0.25) is 0 Å². The van der Waals surface area contributed by atoms with Gasteiger partial charge < -0.3 is 4.74 Å². The maximum atomic E-state index is 6.00. The highest BCUT2D eigenvalue weighted by Gasteiger charge is 1.92. The fourth-order valence-corrected chi connectivity index (χ4v) is 2.05. The summed E-state index contributed by atoms with van der Waals surface area (Å²) in [6.07, 6.45) is 0. The van der Waals surface area contributed by atoms with Crippen molar-refractivity contribution in [2.45, 2.75) is 4.90 Å². The fourth-order valence-electron chi connectivity index (χ4n) is 1.76. The van der Waals surface area contributed by atoms with Crippen molar-refractivity contribution in [3.63, 3.8) is 0 Å². The van der Waals surface area contributed by atoms with E-state index in [1.165, 1.54) is 10.8 Å². The molecule has 4 heteroatoms. The number of nitrogens with zero attached hydrogens (tertiary/aromatic N) is 2. The molecule has 0 saturated heterocycles. The molecule has 0 atom stereocenters. The molecule has 106 valence electrons. The van der Waals surface area contributed by atoms with Crippen LogP contribution in [0.15, 0.2) is 77.7 Å². The summed E-state index contributed by atoms with van der Waals surface area (Å²) in [6, 6.07) is 24.0. The highest BCUT2D eigenvalue weighted by Crippen LogP contribution is 2.20.